The van der Waals surface area contributed by atoms with Crippen LogP contribution in [0.2, 0.25) is 0 Å². The molecule has 86 valence electrons. The Morgan fingerprint density at radius 1 is 1.24 bits per heavy atom. The quantitative estimate of drug-likeness (QED) is 0.756. The molecule has 0 bridgehead atoms. The van der Waals surface area contributed by atoms with Gasteiger partial charge in [-0.25, -0.2) is 4.98 Å². The molecule has 0 saturated carbocycles. The van der Waals surface area contributed by atoms with Gasteiger partial charge in [-0.15, -0.1) is 0 Å². The van der Waals surface area contributed by atoms with E-state index in [0.29, 0.717) is 11.6 Å². The lowest BCUT2D eigenvalue weighted by Crippen LogP contribution is -1.97. The molecule has 0 aliphatic heterocycles. The van der Waals surface area contributed by atoms with Crippen molar-refractivity contribution in [1.82, 2.24) is 9.97 Å². The molecule has 0 N–H and O–H groups in total. The molecule has 0 aliphatic carbocycles. The molecule has 0 atom stereocenters. The van der Waals surface area contributed by atoms with Crippen molar-refractivity contribution in [1.29, 1.82) is 0 Å². The van der Waals surface area contributed by atoms with Gasteiger partial charge in [0.15, 0.2) is 6.29 Å². The van der Waals surface area contributed by atoms with Crippen molar-refractivity contribution < 1.29 is 9.53 Å². The van der Waals surface area contributed by atoms with Gasteiger partial charge in [0.05, 0.1) is 12.8 Å². The Bertz CT molecular complexity index is 553. The molecule has 17 heavy (non-hydrogen) atoms. The number of ether oxygens (including phenoxy) is 1. The van der Waals surface area contributed by atoms with E-state index in [1.165, 1.54) is 7.11 Å². The number of aldehydes is 1. The van der Waals surface area contributed by atoms with Crippen LogP contribution in [-0.4, -0.2) is 23.4 Å². The van der Waals surface area contributed by atoms with Crippen molar-refractivity contribution in [3.05, 3.63) is 41.7 Å². The second-order valence-corrected chi connectivity index (χ2v) is 3.56. The summed E-state index contributed by atoms with van der Waals surface area (Å²) in [5.74, 6) is 0. The summed E-state index contributed by atoms with van der Waals surface area (Å²) in [6.07, 6.45) is 2.50. The van der Waals surface area contributed by atoms with Crippen LogP contribution in [0.15, 0.2) is 30.5 Å². The maximum absolute atomic E-state index is 11.0. The fraction of sp³-hybridized carbons (Fsp3) is 0.154. The van der Waals surface area contributed by atoms with Crippen LogP contribution in [0.4, 0.5) is 0 Å². The predicted molar refractivity (Wildman–Crippen MR) is 64.1 cm³/mol. The number of aromatic nitrogens is 2. The average molecular weight is 228 g/mol. The first-order valence-corrected chi connectivity index (χ1v) is 5.18. The molecule has 0 aliphatic rings. The van der Waals surface area contributed by atoms with Gasteiger partial charge in [-0.2, -0.15) is 4.98 Å². The van der Waals surface area contributed by atoms with Crippen LogP contribution in [0.25, 0.3) is 11.1 Å². The molecule has 0 saturated heterocycles. The number of benzene rings is 1. The molecule has 2 aromatic rings. The molecule has 4 heteroatoms. The van der Waals surface area contributed by atoms with E-state index in [0.717, 1.165) is 23.1 Å². The largest absolute Gasteiger partial charge is 0.467 e. The summed E-state index contributed by atoms with van der Waals surface area (Å²) in [6.45, 7) is 1.86. The smallest absolute Gasteiger partial charge is 0.316 e. The van der Waals surface area contributed by atoms with E-state index in [1.807, 2.05) is 25.1 Å². The number of hydrogen-bond donors (Lipinski definition) is 0. The van der Waals surface area contributed by atoms with E-state index < -0.39 is 0 Å². The van der Waals surface area contributed by atoms with Crippen LogP contribution < -0.4 is 4.74 Å². The normalized spacial score (nSPS) is 10.0. The molecule has 0 spiro atoms. The van der Waals surface area contributed by atoms with Crippen LogP contribution in [-0.2, 0) is 0 Å². The zero-order chi connectivity index (χ0) is 12.3. The van der Waals surface area contributed by atoms with Crippen LogP contribution in [0, 0.1) is 6.92 Å². The Balaban J connectivity index is 2.56. The van der Waals surface area contributed by atoms with E-state index in [-0.39, 0.29) is 0 Å². The average Bonchev–Trinajstić information content (AvgIpc) is 2.38. The Morgan fingerprint density at radius 2 is 2.00 bits per heavy atom. The van der Waals surface area contributed by atoms with Crippen molar-refractivity contribution in [2.75, 3.05) is 7.11 Å². The van der Waals surface area contributed by atoms with Crippen molar-refractivity contribution in [2.24, 2.45) is 0 Å². The highest BCUT2D eigenvalue weighted by Crippen LogP contribution is 2.25. The van der Waals surface area contributed by atoms with Gasteiger partial charge in [0, 0.05) is 17.3 Å². The standard InChI is InChI=1S/C13H12N2O2/c1-9-12(7-14-13(15-9)17-2)11-6-4-3-5-10(11)8-16/h3-8H,1-2H3. The molecule has 0 fully saturated rings. The minimum atomic E-state index is 0.329. The number of carbonyl (C=O) groups excluding carboxylic acids is 1. The topological polar surface area (TPSA) is 52.1 Å². The molecule has 1 aromatic carbocycles. The van der Waals surface area contributed by atoms with E-state index >= 15 is 0 Å². The van der Waals surface area contributed by atoms with Gasteiger partial charge in [-0.3, -0.25) is 4.79 Å². The zero-order valence-electron chi connectivity index (χ0n) is 9.68. The van der Waals surface area contributed by atoms with Crippen molar-refractivity contribution in [3.63, 3.8) is 0 Å². The lowest BCUT2D eigenvalue weighted by molar-refractivity contribution is 0.112. The van der Waals surface area contributed by atoms with Gasteiger partial charge in [-0.1, -0.05) is 24.3 Å². The molecule has 2 rings (SSSR count). The van der Waals surface area contributed by atoms with Crippen LogP contribution in [0.1, 0.15) is 16.1 Å². The van der Waals surface area contributed by atoms with Gasteiger partial charge in [0.25, 0.3) is 0 Å². The molecule has 0 radical (unpaired) electrons. The highest BCUT2D eigenvalue weighted by molar-refractivity contribution is 5.87. The maximum Gasteiger partial charge on any atom is 0.316 e. The molecule has 4 nitrogen and oxygen atoms in total. The molecular formula is C13H12N2O2. The van der Waals surface area contributed by atoms with E-state index in [4.69, 9.17) is 4.74 Å². The maximum atomic E-state index is 11.0. The third-order valence-corrected chi connectivity index (χ3v) is 2.52. The molecule has 0 unspecified atom stereocenters. The first-order chi connectivity index (χ1) is 8.26. The number of methoxy groups -OCH3 is 1. The highest BCUT2D eigenvalue weighted by atomic mass is 16.5. The molecule has 1 aromatic heterocycles. The van der Waals surface area contributed by atoms with Gasteiger partial charge < -0.3 is 4.74 Å². The SMILES string of the molecule is COc1ncc(-c2ccccc2C=O)c(C)n1. The fourth-order valence-electron chi connectivity index (χ4n) is 1.65. The highest BCUT2D eigenvalue weighted by Gasteiger charge is 2.09. The van der Waals surface area contributed by atoms with Crippen molar-refractivity contribution in [3.8, 4) is 17.1 Å². The molecular weight excluding hydrogens is 216 g/mol. The van der Waals surface area contributed by atoms with E-state index in [1.54, 1.807) is 12.3 Å². The van der Waals surface area contributed by atoms with Gasteiger partial charge in [0.1, 0.15) is 0 Å². The zero-order valence-corrected chi connectivity index (χ0v) is 9.68. The van der Waals surface area contributed by atoms with Gasteiger partial charge in [0.2, 0.25) is 0 Å². The predicted octanol–water partition coefficient (Wildman–Crippen LogP) is 2.27. The number of aryl methyl sites for hydroxylation is 1. The minimum absolute atomic E-state index is 0.329. The summed E-state index contributed by atoms with van der Waals surface area (Å²) in [5, 5.41) is 0. The summed E-state index contributed by atoms with van der Waals surface area (Å²) >= 11 is 0. The summed E-state index contributed by atoms with van der Waals surface area (Å²) < 4.78 is 4.95. The monoisotopic (exact) mass is 228 g/mol. The molecule has 1 heterocycles. The Labute approximate surface area is 99.3 Å². The lowest BCUT2D eigenvalue weighted by atomic mass is 10.0. The van der Waals surface area contributed by atoms with Gasteiger partial charge in [-0.05, 0) is 12.5 Å². The first kappa shape index (κ1) is 11.3. The van der Waals surface area contributed by atoms with E-state index in [2.05, 4.69) is 9.97 Å². The summed E-state index contributed by atoms with van der Waals surface area (Å²) in [4.78, 5) is 19.2. The second kappa shape index (κ2) is 4.74. The fourth-order valence-corrected chi connectivity index (χ4v) is 1.65. The number of hydrogen-bond acceptors (Lipinski definition) is 4. The van der Waals surface area contributed by atoms with E-state index in [9.17, 15) is 4.79 Å². The summed E-state index contributed by atoms with van der Waals surface area (Å²) in [7, 11) is 1.52. The first-order valence-electron chi connectivity index (χ1n) is 5.18. The Hall–Kier alpha value is -2.23. The van der Waals surface area contributed by atoms with Crippen molar-refractivity contribution >= 4 is 6.29 Å². The van der Waals surface area contributed by atoms with Crippen LogP contribution >= 0.6 is 0 Å². The lowest BCUT2D eigenvalue weighted by Gasteiger charge is -2.08. The summed E-state index contributed by atoms with van der Waals surface area (Å²) in [6, 6.07) is 7.68. The van der Waals surface area contributed by atoms with Crippen LogP contribution in [0.3, 0.4) is 0 Å². The van der Waals surface area contributed by atoms with Gasteiger partial charge >= 0.3 is 6.01 Å². The number of rotatable bonds is 3. The number of carbonyl (C=O) groups is 1. The molecule has 0 amide bonds. The Morgan fingerprint density at radius 3 is 2.65 bits per heavy atom. The number of nitrogens with zero attached hydrogens (tertiary/aromatic N) is 2. The van der Waals surface area contributed by atoms with Crippen LogP contribution in [0.5, 0.6) is 6.01 Å². The summed E-state index contributed by atoms with van der Waals surface area (Å²) in [5.41, 5.74) is 3.09. The van der Waals surface area contributed by atoms with Crippen molar-refractivity contribution in [2.45, 2.75) is 6.92 Å². The third kappa shape index (κ3) is 2.15. The minimum Gasteiger partial charge on any atom is -0.467 e. The second-order valence-electron chi connectivity index (χ2n) is 3.56. The Kier molecular flexibility index (Phi) is 3.14. The third-order valence-electron chi connectivity index (χ3n) is 2.52.